The van der Waals surface area contributed by atoms with E-state index in [1.165, 1.54) is 6.08 Å². The molecule has 0 saturated heterocycles. The molecule has 0 bridgehead atoms. The third-order valence-corrected chi connectivity index (χ3v) is 3.19. The Labute approximate surface area is 139 Å². The zero-order chi connectivity index (χ0) is 16.6. The number of amides is 1. The van der Waals surface area contributed by atoms with Gasteiger partial charge in [-0.25, -0.2) is 4.68 Å². The van der Waals surface area contributed by atoms with Gasteiger partial charge in [0.25, 0.3) is 0 Å². The molecule has 1 heterocycles. The Morgan fingerprint density at radius 2 is 1.67 bits per heavy atom. The molecule has 0 fully saturated rings. The van der Waals surface area contributed by atoms with E-state index in [1.807, 2.05) is 72.9 Å². The fourth-order valence-corrected chi connectivity index (χ4v) is 2.03. The van der Waals surface area contributed by atoms with Crippen LogP contribution in [0.4, 0.5) is 5.69 Å². The van der Waals surface area contributed by atoms with Gasteiger partial charge in [-0.2, -0.15) is 0 Å². The van der Waals surface area contributed by atoms with Crippen molar-refractivity contribution in [3.05, 3.63) is 84.2 Å². The Morgan fingerprint density at radius 1 is 0.958 bits per heavy atom. The molecule has 0 saturated carbocycles. The highest BCUT2D eigenvalue weighted by molar-refractivity contribution is 6.01. The van der Waals surface area contributed by atoms with Gasteiger partial charge >= 0.3 is 0 Å². The summed E-state index contributed by atoms with van der Waals surface area (Å²) in [5, 5.41) is 10.8. The van der Waals surface area contributed by atoms with E-state index in [0.29, 0.717) is 5.69 Å². The fourth-order valence-electron chi connectivity index (χ4n) is 2.03. The second-order valence-corrected chi connectivity index (χ2v) is 5.04. The Hall–Kier alpha value is -3.47. The Morgan fingerprint density at radius 3 is 2.42 bits per heavy atom. The zero-order valence-corrected chi connectivity index (χ0v) is 12.9. The first-order valence-corrected chi connectivity index (χ1v) is 7.49. The minimum atomic E-state index is -0.212. The van der Waals surface area contributed by atoms with Gasteiger partial charge in [-0.1, -0.05) is 53.7 Å². The number of carbonyl (C=O) groups excluding carboxylic acids is 1. The van der Waals surface area contributed by atoms with Gasteiger partial charge in [0.05, 0.1) is 6.20 Å². The molecule has 3 rings (SSSR count). The molecule has 0 unspecified atom stereocenters. The maximum Gasteiger partial charge on any atom is 0.248 e. The molecule has 2 aromatic carbocycles. The summed E-state index contributed by atoms with van der Waals surface area (Å²) in [4.78, 5) is 11.8. The Bertz CT molecular complexity index is 851. The number of nitrogens with one attached hydrogen (secondary N) is 1. The average Bonchev–Trinajstić information content (AvgIpc) is 3.08. The van der Waals surface area contributed by atoms with Gasteiger partial charge in [0.1, 0.15) is 5.69 Å². The smallest absolute Gasteiger partial charge is 0.248 e. The van der Waals surface area contributed by atoms with Crippen LogP contribution in [0.25, 0.3) is 18.4 Å². The first-order chi connectivity index (χ1) is 11.8. The summed E-state index contributed by atoms with van der Waals surface area (Å²) in [5.41, 5.74) is 2.44. The van der Waals surface area contributed by atoms with Crippen LogP contribution in [0.15, 0.2) is 72.9 Å². The van der Waals surface area contributed by atoms with Crippen molar-refractivity contribution in [2.75, 3.05) is 5.32 Å². The predicted molar refractivity (Wildman–Crippen MR) is 95.8 cm³/mol. The van der Waals surface area contributed by atoms with Crippen molar-refractivity contribution >= 4 is 29.9 Å². The molecule has 5 nitrogen and oxygen atoms in total. The molecule has 1 N–H and O–H groups in total. The molecule has 0 radical (unpaired) electrons. The number of rotatable bonds is 5. The summed E-state index contributed by atoms with van der Waals surface area (Å²) in [6.45, 7) is 0. The van der Waals surface area contributed by atoms with Gasteiger partial charge in [-0.15, -0.1) is 5.10 Å². The number of carbonyl (C=O) groups is 1. The highest BCUT2D eigenvalue weighted by atomic mass is 16.1. The second-order valence-electron chi connectivity index (χ2n) is 5.04. The summed E-state index contributed by atoms with van der Waals surface area (Å²) in [6, 6.07) is 19.2. The zero-order valence-electron chi connectivity index (χ0n) is 12.9. The van der Waals surface area contributed by atoms with Gasteiger partial charge in [0.15, 0.2) is 0 Å². The molecule has 0 atom stereocenters. The molecule has 118 valence electrons. The van der Waals surface area contributed by atoms with Gasteiger partial charge in [-0.3, -0.25) is 4.79 Å². The summed E-state index contributed by atoms with van der Waals surface area (Å²) < 4.78 is 1.60. The molecule has 1 aromatic heterocycles. The molecule has 24 heavy (non-hydrogen) atoms. The number of para-hydroxylation sites is 1. The lowest BCUT2D eigenvalue weighted by Crippen LogP contribution is -2.07. The number of anilines is 1. The van der Waals surface area contributed by atoms with E-state index in [9.17, 15) is 4.79 Å². The van der Waals surface area contributed by atoms with E-state index < -0.39 is 0 Å². The van der Waals surface area contributed by atoms with Crippen molar-refractivity contribution in [3.8, 4) is 0 Å². The summed E-state index contributed by atoms with van der Waals surface area (Å²) in [6.07, 6.45) is 8.54. The third kappa shape index (κ3) is 4.51. The van der Waals surface area contributed by atoms with Crippen molar-refractivity contribution in [1.29, 1.82) is 0 Å². The number of benzene rings is 2. The van der Waals surface area contributed by atoms with Crippen molar-refractivity contribution in [2.24, 2.45) is 0 Å². The standard InChI is InChI=1S/C19H16N4O/c24-19(20-17-9-5-2-6-10-17)12-11-18-15-23(22-21-18)14-13-16-7-3-1-4-8-16/h1-15H,(H,20,24)/b12-11-,14-13-. The van der Waals surface area contributed by atoms with E-state index in [2.05, 4.69) is 15.6 Å². The highest BCUT2D eigenvalue weighted by Crippen LogP contribution is 2.06. The van der Waals surface area contributed by atoms with E-state index in [0.717, 1.165) is 11.3 Å². The van der Waals surface area contributed by atoms with Crippen LogP contribution in [0.3, 0.4) is 0 Å². The molecule has 1 amide bonds. The molecule has 0 aliphatic heterocycles. The minimum Gasteiger partial charge on any atom is -0.323 e. The quantitative estimate of drug-likeness (QED) is 0.732. The molecular formula is C19H16N4O. The van der Waals surface area contributed by atoms with Gasteiger partial charge in [0.2, 0.25) is 5.91 Å². The molecular weight excluding hydrogens is 300 g/mol. The monoisotopic (exact) mass is 316 g/mol. The molecule has 3 aromatic rings. The van der Waals surface area contributed by atoms with E-state index >= 15 is 0 Å². The SMILES string of the molecule is O=C(/C=C\c1cn(/C=C\c2ccccc2)nn1)Nc1ccccc1. The fraction of sp³-hybridized carbons (Fsp3) is 0. The first-order valence-electron chi connectivity index (χ1n) is 7.49. The molecule has 0 aliphatic carbocycles. The third-order valence-electron chi connectivity index (χ3n) is 3.19. The normalized spacial score (nSPS) is 11.2. The maximum atomic E-state index is 11.8. The lowest BCUT2D eigenvalue weighted by atomic mass is 10.2. The highest BCUT2D eigenvalue weighted by Gasteiger charge is 1.98. The molecule has 5 heteroatoms. The van der Waals surface area contributed by atoms with E-state index in [4.69, 9.17) is 0 Å². The second kappa shape index (κ2) is 7.69. The van der Waals surface area contributed by atoms with Crippen LogP contribution in [0, 0.1) is 0 Å². The number of hydrogen-bond donors (Lipinski definition) is 1. The van der Waals surface area contributed by atoms with Crippen LogP contribution >= 0.6 is 0 Å². The van der Waals surface area contributed by atoms with Crippen LogP contribution in [0.2, 0.25) is 0 Å². The van der Waals surface area contributed by atoms with Crippen molar-refractivity contribution in [2.45, 2.75) is 0 Å². The number of hydrogen-bond acceptors (Lipinski definition) is 3. The maximum absolute atomic E-state index is 11.8. The van der Waals surface area contributed by atoms with Crippen molar-refractivity contribution < 1.29 is 4.79 Å². The number of aromatic nitrogens is 3. The summed E-state index contributed by atoms with van der Waals surface area (Å²) in [7, 11) is 0. The molecule has 0 aliphatic rings. The van der Waals surface area contributed by atoms with Gasteiger partial charge in [0, 0.05) is 18.0 Å². The van der Waals surface area contributed by atoms with Crippen molar-refractivity contribution in [3.63, 3.8) is 0 Å². The van der Waals surface area contributed by atoms with Gasteiger partial charge < -0.3 is 5.32 Å². The van der Waals surface area contributed by atoms with E-state index in [-0.39, 0.29) is 5.91 Å². The topological polar surface area (TPSA) is 59.8 Å². The van der Waals surface area contributed by atoms with Crippen molar-refractivity contribution in [1.82, 2.24) is 15.0 Å². The predicted octanol–water partition coefficient (Wildman–Crippen LogP) is 3.56. The van der Waals surface area contributed by atoms with Crippen LogP contribution < -0.4 is 5.32 Å². The van der Waals surface area contributed by atoms with Crippen LogP contribution in [-0.2, 0) is 4.79 Å². The average molecular weight is 316 g/mol. The van der Waals surface area contributed by atoms with E-state index in [1.54, 1.807) is 17.0 Å². The summed E-state index contributed by atoms with van der Waals surface area (Å²) in [5.74, 6) is -0.212. The lowest BCUT2D eigenvalue weighted by Gasteiger charge is -1.99. The lowest BCUT2D eigenvalue weighted by molar-refractivity contribution is -0.111. The Balaban J connectivity index is 1.59. The minimum absolute atomic E-state index is 0.212. The first kappa shape index (κ1) is 15.4. The Kier molecular flexibility index (Phi) is 4.94. The van der Waals surface area contributed by atoms with Crippen LogP contribution in [0.1, 0.15) is 11.3 Å². The molecule has 0 spiro atoms. The number of nitrogens with zero attached hydrogens (tertiary/aromatic N) is 3. The van der Waals surface area contributed by atoms with Crippen LogP contribution in [-0.4, -0.2) is 20.9 Å². The largest absolute Gasteiger partial charge is 0.323 e. The van der Waals surface area contributed by atoms with Crippen LogP contribution in [0.5, 0.6) is 0 Å². The van der Waals surface area contributed by atoms with Gasteiger partial charge in [-0.05, 0) is 29.8 Å². The summed E-state index contributed by atoms with van der Waals surface area (Å²) >= 11 is 0.